The Hall–Kier alpha value is -2.31. The first-order valence-electron chi connectivity index (χ1n) is 8.49. The van der Waals surface area contributed by atoms with Crippen LogP contribution >= 0.6 is 7.37 Å². The lowest BCUT2D eigenvalue weighted by molar-refractivity contribution is 0.456. The summed E-state index contributed by atoms with van der Waals surface area (Å²) in [5, 5.41) is 0.170. The van der Waals surface area contributed by atoms with E-state index in [1.807, 2.05) is 62.4 Å². The van der Waals surface area contributed by atoms with E-state index in [1.54, 1.807) is 0 Å². The van der Waals surface area contributed by atoms with Crippen molar-refractivity contribution in [2.45, 2.75) is 25.9 Å². The van der Waals surface area contributed by atoms with Crippen LogP contribution in [-0.4, -0.2) is 0 Å². The highest BCUT2D eigenvalue weighted by Crippen LogP contribution is 2.66. The largest absolute Gasteiger partial charge is 0.439 e. The van der Waals surface area contributed by atoms with Crippen LogP contribution in [0.25, 0.3) is 11.1 Å². The van der Waals surface area contributed by atoms with E-state index in [-0.39, 0.29) is 0 Å². The van der Waals surface area contributed by atoms with Crippen molar-refractivity contribution in [2.75, 3.05) is 0 Å². The highest BCUT2D eigenvalue weighted by Gasteiger charge is 2.49. The molecule has 0 bridgehead atoms. The van der Waals surface area contributed by atoms with Crippen LogP contribution in [0.5, 0.6) is 5.75 Å². The summed E-state index contributed by atoms with van der Waals surface area (Å²) in [4.78, 5) is 0. The summed E-state index contributed by atoms with van der Waals surface area (Å²) in [5.41, 5.74) is 4.22. The van der Waals surface area contributed by atoms with Crippen molar-refractivity contribution in [3.8, 4) is 16.9 Å². The van der Waals surface area contributed by atoms with E-state index in [1.165, 1.54) is 5.56 Å². The van der Waals surface area contributed by atoms with Gasteiger partial charge in [0, 0.05) is 5.56 Å². The molecule has 0 amide bonds. The zero-order valence-corrected chi connectivity index (χ0v) is 15.6. The molecule has 1 unspecified atom stereocenters. The van der Waals surface area contributed by atoms with Crippen LogP contribution in [0.3, 0.4) is 0 Å². The number of fused-ring (bicyclic) bond motifs is 3. The Kier molecular flexibility index (Phi) is 3.63. The maximum Gasteiger partial charge on any atom is 0.287 e. The normalized spacial score (nSPS) is 18.8. The third-order valence-electron chi connectivity index (χ3n) is 5.12. The van der Waals surface area contributed by atoms with Crippen molar-refractivity contribution in [1.82, 2.24) is 0 Å². The Morgan fingerprint density at radius 2 is 1.40 bits per heavy atom. The standard InChI is InChI=1S/C22H21O2P/c1-16-12-14-17(15-13-16)22(2,3)25(23)21-11-7-5-9-19(21)18-8-4-6-10-20(18)24-25/h4-15H,1-3H3. The van der Waals surface area contributed by atoms with E-state index >= 15 is 0 Å². The van der Waals surface area contributed by atoms with Crippen LogP contribution in [0.1, 0.15) is 25.0 Å². The highest BCUT2D eigenvalue weighted by atomic mass is 31.2. The summed E-state index contributed by atoms with van der Waals surface area (Å²) in [6.45, 7) is 6.09. The Labute approximate surface area is 148 Å². The van der Waals surface area contributed by atoms with E-state index < -0.39 is 12.5 Å². The van der Waals surface area contributed by atoms with Crippen LogP contribution in [0.2, 0.25) is 0 Å². The minimum Gasteiger partial charge on any atom is -0.439 e. The Morgan fingerprint density at radius 1 is 0.800 bits per heavy atom. The summed E-state index contributed by atoms with van der Waals surface area (Å²) in [6, 6.07) is 24.0. The number of aryl methyl sites for hydroxylation is 1. The zero-order valence-electron chi connectivity index (χ0n) is 14.7. The molecule has 0 saturated carbocycles. The average molecular weight is 348 g/mol. The summed E-state index contributed by atoms with van der Waals surface area (Å²) >= 11 is 0. The maximum atomic E-state index is 14.3. The molecule has 1 aliphatic rings. The fourth-order valence-electron chi connectivity index (χ4n) is 3.46. The van der Waals surface area contributed by atoms with Gasteiger partial charge in [-0.05, 0) is 44.0 Å². The second kappa shape index (κ2) is 5.61. The van der Waals surface area contributed by atoms with Gasteiger partial charge in [0.1, 0.15) is 5.75 Å². The zero-order chi connectivity index (χ0) is 17.7. The summed E-state index contributed by atoms with van der Waals surface area (Å²) in [6.07, 6.45) is 0. The number of rotatable bonds is 2. The maximum absolute atomic E-state index is 14.3. The van der Waals surface area contributed by atoms with Gasteiger partial charge in [0.2, 0.25) is 0 Å². The molecule has 1 atom stereocenters. The molecule has 1 heterocycles. The molecule has 4 rings (SSSR count). The second-order valence-electron chi connectivity index (χ2n) is 7.08. The minimum absolute atomic E-state index is 0.635. The first-order valence-corrected chi connectivity index (χ1v) is 10.1. The highest BCUT2D eigenvalue weighted by molar-refractivity contribution is 7.68. The Morgan fingerprint density at radius 3 is 2.12 bits per heavy atom. The van der Waals surface area contributed by atoms with E-state index in [0.717, 1.165) is 22.0 Å². The molecule has 0 N–H and O–H groups in total. The number of benzene rings is 3. The van der Waals surface area contributed by atoms with Crippen LogP contribution in [-0.2, 0) is 9.72 Å². The van der Waals surface area contributed by atoms with E-state index in [0.29, 0.717) is 5.75 Å². The third-order valence-corrected chi connectivity index (χ3v) is 8.33. The molecule has 25 heavy (non-hydrogen) atoms. The minimum atomic E-state index is -3.18. The SMILES string of the molecule is Cc1ccc(C(C)(C)P2(=O)Oc3ccccc3-c3ccccc32)cc1. The molecular weight excluding hydrogens is 327 g/mol. The lowest BCUT2D eigenvalue weighted by Crippen LogP contribution is -2.31. The van der Waals surface area contributed by atoms with Crippen LogP contribution < -0.4 is 9.83 Å². The molecular formula is C22H21O2P. The molecule has 3 heteroatoms. The van der Waals surface area contributed by atoms with Gasteiger partial charge in [-0.15, -0.1) is 0 Å². The summed E-state index contributed by atoms with van der Waals surface area (Å²) < 4.78 is 20.6. The lowest BCUT2D eigenvalue weighted by atomic mass is 10.0. The molecule has 0 aliphatic carbocycles. The number of hydrogen-bond donors (Lipinski definition) is 0. The predicted octanol–water partition coefficient (Wildman–Crippen LogP) is 5.89. The van der Waals surface area contributed by atoms with Gasteiger partial charge in [0.15, 0.2) is 0 Å². The first kappa shape index (κ1) is 16.2. The quantitative estimate of drug-likeness (QED) is 0.540. The molecule has 3 aromatic rings. The Balaban J connectivity index is 1.95. The van der Waals surface area contributed by atoms with Crippen molar-refractivity contribution in [3.05, 3.63) is 83.9 Å². The molecule has 0 fully saturated rings. The molecule has 3 aromatic carbocycles. The van der Waals surface area contributed by atoms with E-state index in [4.69, 9.17) is 4.52 Å². The van der Waals surface area contributed by atoms with Crippen LogP contribution in [0.15, 0.2) is 72.8 Å². The van der Waals surface area contributed by atoms with E-state index in [9.17, 15) is 4.57 Å². The molecule has 2 nitrogen and oxygen atoms in total. The van der Waals surface area contributed by atoms with Gasteiger partial charge in [0.25, 0.3) is 7.37 Å². The monoisotopic (exact) mass is 348 g/mol. The molecule has 0 radical (unpaired) electrons. The molecule has 1 aliphatic heterocycles. The van der Waals surface area contributed by atoms with Gasteiger partial charge in [-0.25, -0.2) is 0 Å². The van der Waals surface area contributed by atoms with Crippen molar-refractivity contribution >= 4 is 12.7 Å². The van der Waals surface area contributed by atoms with Crippen molar-refractivity contribution in [1.29, 1.82) is 0 Å². The number of hydrogen-bond acceptors (Lipinski definition) is 2. The number of para-hydroxylation sites is 1. The average Bonchev–Trinajstić information content (AvgIpc) is 2.62. The van der Waals surface area contributed by atoms with Crippen molar-refractivity contribution < 1.29 is 9.09 Å². The fourth-order valence-corrected chi connectivity index (χ4v) is 6.11. The van der Waals surface area contributed by atoms with Gasteiger partial charge in [-0.3, -0.25) is 4.57 Å². The van der Waals surface area contributed by atoms with Gasteiger partial charge in [-0.2, -0.15) is 0 Å². The molecule has 0 aromatic heterocycles. The van der Waals surface area contributed by atoms with Gasteiger partial charge in [0.05, 0.1) is 10.5 Å². The van der Waals surface area contributed by atoms with Gasteiger partial charge in [-0.1, -0.05) is 66.2 Å². The third kappa shape index (κ3) is 2.36. The molecule has 0 spiro atoms. The lowest BCUT2D eigenvalue weighted by Gasteiger charge is -2.39. The summed E-state index contributed by atoms with van der Waals surface area (Å²) in [7, 11) is -3.18. The van der Waals surface area contributed by atoms with Gasteiger partial charge < -0.3 is 4.52 Å². The van der Waals surface area contributed by atoms with Crippen molar-refractivity contribution in [3.63, 3.8) is 0 Å². The first-order chi connectivity index (χ1) is 11.9. The van der Waals surface area contributed by atoms with Crippen molar-refractivity contribution in [2.24, 2.45) is 0 Å². The smallest absolute Gasteiger partial charge is 0.287 e. The molecule has 0 saturated heterocycles. The molecule has 126 valence electrons. The van der Waals surface area contributed by atoms with E-state index in [2.05, 4.69) is 31.2 Å². The predicted molar refractivity (Wildman–Crippen MR) is 104 cm³/mol. The Bertz CT molecular complexity index is 987. The van der Waals surface area contributed by atoms with Crippen LogP contribution in [0.4, 0.5) is 0 Å². The fraction of sp³-hybridized carbons (Fsp3) is 0.182. The second-order valence-corrected chi connectivity index (χ2v) is 9.97. The van der Waals surface area contributed by atoms with Gasteiger partial charge >= 0.3 is 0 Å². The van der Waals surface area contributed by atoms with Crippen LogP contribution in [0, 0.1) is 6.92 Å². The topological polar surface area (TPSA) is 26.3 Å². The summed E-state index contributed by atoms with van der Waals surface area (Å²) in [5.74, 6) is 0.699.